The number of alkyl halides is 3. The van der Waals surface area contributed by atoms with Crippen LogP contribution >= 0.6 is 0 Å². The molecule has 6 nitrogen and oxygen atoms in total. The van der Waals surface area contributed by atoms with E-state index >= 15 is 0 Å². The van der Waals surface area contributed by atoms with E-state index in [-0.39, 0.29) is 22.7 Å². The summed E-state index contributed by atoms with van der Waals surface area (Å²) in [5.41, 5.74) is -1.74. The minimum Gasteiger partial charge on any atom is -0.321 e. The molecule has 1 amide bonds. The lowest BCUT2D eigenvalue weighted by Gasteiger charge is -2.11. The first-order chi connectivity index (χ1) is 15.7. The van der Waals surface area contributed by atoms with Crippen LogP contribution < -0.4 is 5.32 Å². The van der Waals surface area contributed by atoms with Crippen LogP contribution in [0.25, 0.3) is 5.69 Å². The molecular formula is C23H14F4N4O2. The highest BCUT2D eigenvalue weighted by atomic mass is 19.4. The molecule has 4 rings (SSSR count). The van der Waals surface area contributed by atoms with Crippen molar-refractivity contribution >= 4 is 17.4 Å². The largest absolute Gasteiger partial charge is 0.435 e. The summed E-state index contributed by atoms with van der Waals surface area (Å²) in [5, 5.41) is 9.17. The van der Waals surface area contributed by atoms with Gasteiger partial charge in [-0.1, -0.05) is 47.7 Å². The van der Waals surface area contributed by atoms with Gasteiger partial charge in [0.1, 0.15) is 5.82 Å². The highest BCUT2D eigenvalue weighted by Crippen LogP contribution is 2.33. The van der Waals surface area contributed by atoms with E-state index < -0.39 is 29.3 Å². The van der Waals surface area contributed by atoms with Crippen molar-refractivity contribution in [1.29, 1.82) is 0 Å². The molecule has 4 aromatic rings. The second-order valence-corrected chi connectivity index (χ2v) is 6.90. The summed E-state index contributed by atoms with van der Waals surface area (Å²) in [5.74, 6) is -2.12. The number of rotatable bonds is 5. The summed E-state index contributed by atoms with van der Waals surface area (Å²) in [4.78, 5) is 25.3. The van der Waals surface area contributed by atoms with Gasteiger partial charge in [-0.15, -0.1) is 5.10 Å². The van der Waals surface area contributed by atoms with Crippen molar-refractivity contribution in [2.24, 2.45) is 0 Å². The molecule has 0 atom stereocenters. The highest BCUT2D eigenvalue weighted by Gasteiger charge is 2.42. The standard InChI is InChI=1S/C23H14F4N4O2/c24-16-9-11-18(12-10-16)31-21(23(25,26)27)19(29-30-31)22(33)28-17-8-4-7-15(13-17)20(32)14-5-2-1-3-6-14/h1-13H,(H,28,33). The number of hydrogen-bond acceptors (Lipinski definition) is 4. The molecule has 3 aromatic carbocycles. The van der Waals surface area contributed by atoms with E-state index in [1.165, 1.54) is 24.3 Å². The van der Waals surface area contributed by atoms with E-state index in [1.54, 1.807) is 30.3 Å². The van der Waals surface area contributed by atoms with Crippen molar-refractivity contribution in [2.75, 3.05) is 5.32 Å². The molecule has 10 heteroatoms. The van der Waals surface area contributed by atoms with Gasteiger partial charge in [0.15, 0.2) is 17.2 Å². The number of ketones is 1. The lowest BCUT2D eigenvalue weighted by Crippen LogP contribution is -2.21. The third-order valence-corrected chi connectivity index (χ3v) is 4.64. The molecule has 0 saturated heterocycles. The Morgan fingerprint density at radius 2 is 1.52 bits per heavy atom. The van der Waals surface area contributed by atoms with Gasteiger partial charge in [-0.3, -0.25) is 9.59 Å². The molecule has 1 heterocycles. The second-order valence-electron chi connectivity index (χ2n) is 6.90. The minimum atomic E-state index is -4.98. The second kappa shape index (κ2) is 8.65. The maximum absolute atomic E-state index is 13.8. The fourth-order valence-electron chi connectivity index (χ4n) is 3.14. The normalized spacial score (nSPS) is 11.3. The van der Waals surface area contributed by atoms with Gasteiger partial charge in [0, 0.05) is 16.8 Å². The van der Waals surface area contributed by atoms with Gasteiger partial charge in [0.2, 0.25) is 0 Å². The van der Waals surface area contributed by atoms with Gasteiger partial charge in [-0.2, -0.15) is 13.2 Å². The summed E-state index contributed by atoms with van der Waals surface area (Å²) in [7, 11) is 0. The topological polar surface area (TPSA) is 76.9 Å². The predicted molar refractivity (Wildman–Crippen MR) is 111 cm³/mol. The van der Waals surface area contributed by atoms with E-state index in [4.69, 9.17) is 0 Å². The maximum Gasteiger partial charge on any atom is 0.435 e. The molecule has 0 fully saturated rings. The van der Waals surface area contributed by atoms with Gasteiger partial charge in [-0.25, -0.2) is 9.07 Å². The molecule has 0 aliphatic carbocycles. The van der Waals surface area contributed by atoms with Gasteiger partial charge in [0.05, 0.1) is 5.69 Å². The van der Waals surface area contributed by atoms with Gasteiger partial charge >= 0.3 is 6.18 Å². The van der Waals surface area contributed by atoms with Crippen LogP contribution in [0.5, 0.6) is 0 Å². The zero-order chi connectivity index (χ0) is 23.6. The summed E-state index contributed by atoms with van der Waals surface area (Å²) < 4.78 is 54.9. The molecule has 0 spiro atoms. The number of aromatic nitrogens is 3. The summed E-state index contributed by atoms with van der Waals surface area (Å²) in [6.07, 6.45) is -4.98. The Balaban J connectivity index is 1.64. The molecule has 0 unspecified atom stereocenters. The molecule has 33 heavy (non-hydrogen) atoms. The van der Waals surface area contributed by atoms with Gasteiger partial charge in [-0.05, 0) is 36.4 Å². The molecule has 0 radical (unpaired) electrons. The van der Waals surface area contributed by atoms with Crippen molar-refractivity contribution in [3.63, 3.8) is 0 Å². The van der Waals surface area contributed by atoms with Crippen molar-refractivity contribution in [1.82, 2.24) is 15.0 Å². The van der Waals surface area contributed by atoms with Crippen molar-refractivity contribution in [3.05, 3.63) is 107 Å². The number of halogens is 4. The van der Waals surface area contributed by atoms with Crippen LogP contribution in [0.4, 0.5) is 23.2 Å². The van der Waals surface area contributed by atoms with E-state index in [9.17, 15) is 27.2 Å². The Morgan fingerprint density at radius 3 is 2.18 bits per heavy atom. The predicted octanol–water partition coefficient (Wildman–Crippen LogP) is 4.91. The smallest absolute Gasteiger partial charge is 0.321 e. The lowest BCUT2D eigenvalue weighted by molar-refractivity contribution is -0.143. The first-order valence-corrected chi connectivity index (χ1v) is 9.54. The number of anilines is 1. The third-order valence-electron chi connectivity index (χ3n) is 4.64. The highest BCUT2D eigenvalue weighted by molar-refractivity contribution is 6.10. The van der Waals surface area contributed by atoms with E-state index in [0.717, 1.165) is 24.3 Å². The summed E-state index contributed by atoms with van der Waals surface area (Å²) >= 11 is 0. The number of benzene rings is 3. The first-order valence-electron chi connectivity index (χ1n) is 9.54. The van der Waals surface area contributed by atoms with Crippen LogP contribution in [-0.4, -0.2) is 26.7 Å². The molecule has 0 saturated carbocycles. The number of hydrogen-bond donors (Lipinski definition) is 1. The number of nitrogens with one attached hydrogen (secondary N) is 1. The molecule has 166 valence electrons. The number of carbonyl (C=O) groups is 2. The summed E-state index contributed by atoms with van der Waals surface area (Å²) in [6, 6.07) is 18.3. The van der Waals surface area contributed by atoms with Crippen molar-refractivity contribution in [2.45, 2.75) is 6.18 Å². The number of nitrogens with zero attached hydrogens (tertiary/aromatic N) is 3. The first kappa shape index (κ1) is 21.9. The molecule has 0 aliphatic heterocycles. The van der Waals surface area contributed by atoms with Crippen LogP contribution in [0, 0.1) is 5.82 Å². The van der Waals surface area contributed by atoms with Gasteiger partial charge in [0.25, 0.3) is 5.91 Å². The van der Waals surface area contributed by atoms with Crippen LogP contribution in [0.15, 0.2) is 78.9 Å². The number of amides is 1. The van der Waals surface area contributed by atoms with Crippen LogP contribution in [0.1, 0.15) is 32.1 Å². The van der Waals surface area contributed by atoms with E-state index in [0.29, 0.717) is 10.2 Å². The van der Waals surface area contributed by atoms with Gasteiger partial charge < -0.3 is 5.32 Å². The molecule has 1 aromatic heterocycles. The Labute approximate surface area is 184 Å². The SMILES string of the molecule is O=C(c1ccccc1)c1cccc(NC(=O)c2nnn(-c3ccc(F)cc3)c2C(F)(F)F)c1. The molecular weight excluding hydrogens is 440 g/mol. The molecule has 1 N–H and O–H groups in total. The average molecular weight is 454 g/mol. The summed E-state index contributed by atoms with van der Waals surface area (Å²) in [6.45, 7) is 0. The molecule has 0 aliphatic rings. The van der Waals surface area contributed by atoms with Crippen molar-refractivity contribution in [3.8, 4) is 5.69 Å². The van der Waals surface area contributed by atoms with E-state index in [2.05, 4.69) is 15.6 Å². The average Bonchev–Trinajstić information content (AvgIpc) is 3.26. The quantitative estimate of drug-likeness (QED) is 0.344. The Hall–Kier alpha value is -4.34. The third kappa shape index (κ3) is 4.64. The van der Waals surface area contributed by atoms with Crippen LogP contribution in [-0.2, 0) is 6.18 Å². The maximum atomic E-state index is 13.8. The Morgan fingerprint density at radius 1 is 0.848 bits per heavy atom. The fourth-order valence-corrected chi connectivity index (χ4v) is 3.14. The van der Waals surface area contributed by atoms with Crippen molar-refractivity contribution < 1.29 is 27.2 Å². The van der Waals surface area contributed by atoms with Crippen LogP contribution in [0.3, 0.4) is 0 Å². The molecule has 0 bridgehead atoms. The van der Waals surface area contributed by atoms with E-state index in [1.807, 2.05) is 0 Å². The Kier molecular flexibility index (Phi) is 5.74. The zero-order valence-electron chi connectivity index (χ0n) is 16.7. The Bertz CT molecular complexity index is 1320. The number of carbonyl (C=O) groups excluding carboxylic acids is 2. The fraction of sp³-hybridized carbons (Fsp3) is 0.0435. The zero-order valence-corrected chi connectivity index (χ0v) is 16.7. The van der Waals surface area contributed by atoms with Crippen LogP contribution in [0.2, 0.25) is 0 Å². The lowest BCUT2D eigenvalue weighted by atomic mass is 10.0. The minimum absolute atomic E-state index is 0.103. The monoisotopic (exact) mass is 454 g/mol.